The zero-order valence-electron chi connectivity index (χ0n) is 13.6. The second-order valence-corrected chi connectivity index (χ2v) is 5.38. The van der Waals surface area contributed by atoms with Crippen LogP contribution >= 0.6 is 0 Å². The molecule has 1 aromatic heterocycles. The van der Waals surface area contributed by atoms with Crippen molar-refractivity contribution in [3.05, 3.63) is 59.4 Å². The van der Waals surface area contributed by atoms with Crippen molar-refractivity contribution in [2.75, 3.05) is 0 Å². The first-order chi connectivity index (χ1) is 12.0. The second kappa shape index (κ2) is 8.25. The Bertz CT molecular complexity index is 921. The SMILES string of the molecule is CCc1cc2c(Oc3ccc(C)cc3)cc(C(=O)O)cc2o1.O=S=O. The Hall–Kier alpha value is -2.93. The fourth-order valence-electron chi connectivity index (χ4n) is 2.27. The Balaban J connectivity index is 0.000000701. The number of aryl methyl sites for hydroxylation is 2. The Kier molecular flexibility index (Phi) is 6.08. The van der Waals surface area contributed by atoms with E-state index in [2.05, 4.69) is 0 Å². The van der Waals surface area contributed by atoms with Crippen molar-refractivity contribution >= 4 is 28.5 Å². The number of aromatic carboxylic acids is 1. The van der Waals surface area contributed by atoms with E-state index in [4.69, 9.17) is 17.6 Å². The Labute approximate surface area is 147 Å². The highest BCUT2D eigenvalue weighted by Crippen LogP contribution is 2.34. The van der Waals surface area contributed by atoms with Gasteiger partial charge in [0.05, 0.1) is 10.9 Å². The average molecular weight is 360 g/mol. The van der Waals surface area contributed by atoms with Crippen molar-refractivity contribution in [2.45, 2.75) is 20.3 Å². The second-order valence-electron chi connectivity index (χ2n) is 5.24. The number of carbonyl (C=O) groups is 1. The summed E-state index contributed by atoms with van der Waals surface area (Å²) in [5, 5.41) is 10.0. The summed E-state index contributed by atoms with van der Waals surface area (Å²) in [6.45, 7) is 3.98. The van der Waals surface area contributed by atoms with Gasteiger partial charge < -0.3 is 14.3 Å². The predicted octanol–water partition coefficient (Wildman–Crippen LogP) is 4.12. The lowest BCUT2D eigenvalue weighted by molar-refractivity contribution is 0.0696. The third-order valence-corrected chi connectivity index (χ3v) is 3.49. The number of hydrogen-bond acceptors (Lipinski definition) is 5. The molecule has 130 valence electrons. The van der Waals surface area contributed by atoms with Crippen LogP contribution in [0.5, 0.6) is 11.5 Å². The zero-order chi connectivity index (χ0) is 18.4. The molecule has 0 fully saturated rings. The van der Waals surface area contributed by atoms with E-state index in [9.17, 15) is 9.90 Å². The van der Waals surface area contributed by atoms with E-state index >= 15 is 0 Å². The van der Waals surface area contributed by atoms with Gasteiger partial charge in [-0.3, -0.25) is 0 Å². The van der Waals surface area contributed by atoms with Crippen molar-refractivity contribution in [3.8, 4) is 11.5 Å². The molecule has 0 spiro atoms. The van der Waals surface area contributed by atoms with Gasteiger partial charge >= 0.3 is 17.5 Å². The Morgan fingerprint density at radius 2 is 1.80 bits per heavy atom. The first kappa shape index (κ1) is 18.4. The van der Waals surface area contributed by atoms with Crippen LogP contribution in [0.15, 0.2) is 46.9 Å². The number of ether oxygens (including phenoxy) is 1. The monoisotopic (exact) mass is 360 g/mol. The molecule has 25 heavy (non-hydrogen) atoms. The first-order valence-corrected chi connectivity index (χ1v) is 8.11. The van der Waals surface area contributed by atoms with Crippen LogP contribution in [-0.4, -0.2) is 19.5 Å². The Morgan fingerprint density at radius 1 is 1.16 bits per heavy atom. The third kappa shape index (κ3) is 4.54. The molecule has 0 unspecified atom stereocenters. The lowest BCUT2D eigenvalue weighted by Crippen LogP contribution is -1.96. The molecule has 3 rings (SSSR count). The highest BCUT2D eigenvalue weighted by Gasteiger charge is 2.14. The summed E-state index contributed by atoms with van der Waals surface area (Å²) < 4.78 is 28.1. The summed E-state index contributed by atoms with van der Waals surface area (Å²) in [4.78, 5) is 11.3. The molecule has 0 saturated carbocycles. The standard InChI is InChI=1S/C18H16O4.O2S/c1-3-13-10-15-16(21-13)8-12(18(19)20)9-17(15)22-14-6-4-11(2)5-7-14;1-3-2/h4-10H,3H2,1-2H3,(H,19,20);. The van der Waals surface area contributed by atoms with Gasteiger partial charge in [-0.25, -0.2) is 4.79 Å². The number of furan rings is 1. The third-order valence-electron chi connectivity index (χ3n) is 3.49. The molecule has 7 heteroatoms. The van der Waals surface area contributed by atoms with E-state index in [-0.39, 0.29) is 5.56 Å². The summed E-state index contributed by atoms with van der Waals surface area (Å²) in [7, 11) is 0. The van der Waals surface area contributed by atoms with E-state index in [0.717, 1.165) is 23.1 Å². The van der Waals surface area contributed by atoms with E-state index < -0.39 is 17.5 Å². The maximum absolute atomic E-state index is 11.3. The van der Waals surface area contributed by atoms with E-state index in [1.807, 2.05) is 44.2 Å². The van der Waals surface area contributed by atoms with Crippen molar-refractivity contribution in [1.82, 2.24) is 0 Å². The summed E-state index contributed by atoms with van der Waals surface area (Å²) in [5.74, 6) is 0.937. The molecule has 0 aliphatic carbocycles. The summed E-state index contributed by atoms with van der Waals surface area (Å²) in [5.41, 5.74) is 1.80. The van der Waals surface area contributed by atoms with Gasteiger partial charge in [-0.15, -0.1) is 0 Å². The van der Waals surface area contributed by atoms with Gasteiger partial charge in [0, 0.05) is 6.42 Å². The van der Waals surface area contributed by atoms with Crippen LogP contribution in [0.4, 0.5) is 0 Å². The molecule has 0 saturated heterocycles. The van der Waals surface area contributed by atoms with Crippen LogP contribution in [0, 0.1) is 6.92 Å². The fraction of sp³-hybridized carbons (Fsp3) is 0.167. The molecular weight excluding hydrogens is 344 g/mol. The maximum Gasteiger partial charge on any atom is 0.335 e. The van der Waals surface area contributed by atoms with Crippen molar-refractivity contribution in [1.29, 1.82) is 0 Å². The molecule has 6 nitrogen and oxygen atoms in total. The number of benzene rings is 2. The molecule has 0 radical (unpaired) electrons. The molecule has 0 bridgehead atoms. The molecule has 2 aromatic carbocycles. The molecule has 0 atom stereocenters. The van der Waals surface area contributed by atoms with Crippen molar-refractivity contribution < 1.29 is 27.5 Å². The van der Waals surface area contributed by atoms with Gasteiger partial charge in [-0.1, -0.05) is 24.6 Å². The van der Waals surface area contributed by atoms with Crippen molar-refractivity contribution in [3.63, 3.8) is 0 Å². The molecule has 1 heterocycles. The summed E-state index contributed by atoms with van der Waals surface area (Å²) in [6, 6.07) is 12.6. The molecule has 0 aliphatic heterocycles. The zero-order valence-corrected chi connectivity index (χ0v) is 14.5. The van der Waals surface area contributed by atoms with Gasteiger partial charge in [0.1, 0.15) is 22.8 Å². The van der Waals surface area contributed by atoms with Crippen LogP contribution in [-0.2, 0) is 18.0 Å². The summed E-state index contributed by atoms with van der Waals surface area (Å²) in [6.07, 6.45) is 0.737. The normalized spacial score (nSPS) is 10.0. The number of fused-ring (bicyclic) bond motifs is 1. The number of hydrogen-bond donors (Lipinski definition) is 1. The minimum atomic E-state index is -1.01. The largest absolute Gasteiger partial charge is 0.478 e. The summed E-state index contributed by atoms with van der Waals surface area (Å²) >= 11 is -0.750. The van der Waals surface area contributed by atoms with Gasteiger partial charge in [0.15, 0.2) is 0 Å². The molecule has 1 N–H and O–H groups in total. The van der Waals surface area contributed by atoms with Gasteiger partial charge in [0.25, 0.3) is 0 Å². The van der Waals surface area contributed by atoms with Gasteiger partial charge in [-0.2, -0.15) is 8.42 Å². The highest BCUT2D eigenvalue weighted by atomic mass is 32.1. The first-order valence-electron chi connectivity index (χ1n) is 7.44. The van der Waals surface area contributed by atoms with E-state index in [1.54, 1.807) is 0 Å². The molecule has 0 aliphatic rings. The van der Waals surface area contributed by atoms with E-state index in [1.165, 1.54) is 12.1 Å². The van der Waals surface area contributed by atoms with Gasteiger partial charge in [-0.05, 0) is 37.3 Å². The molecule has 0 amide bonds. The van der Waals surface area contributed by atoms with Gasteiger partial charge in [0.2, 0.25) is 0 Å². The van der Waals surface area contributed by atoms with Crippen LogP contribution in [0.1, 0.15) is 28.6 Å². The molecule has 3 aromatic rings. The van der Waals surface area contributed by atoms with Crippen LogP contribution in [0.3, 0.4) is 0 Å². The van der Waals surface area contributed by atoms with Crippen molar-refractivity contribution in [2.24, 2.45) is 0 Å². The molecular formula is C18H16O6S. The smallest absolute Gasteiger partial charge is 0.335 e. The number of carboxylic acids is 1. The van der Waals surface area contributed by atoms with Crippen LogP contribution in [0.25, 0.3) is 11.0 Å². The van der Waals surface area contributed by atoms with Crippen LogP contribution in [0.2, 0.25) is 0 Å². The lowest BCUT2D eigenvalue weighted by Gasteiger charge is -2.08. The minimum absolute atomic E-state index is 0.145. The number of carboxylic acid groups (broad SMARTS) is 1. The highest BCUT2D eigenvalue weighted by molar-refractivity contribution is 7.51. The fourth-order valence-corrected chi connectivity index (χ4v) is 2.27. The number of rotatable bonds is 4. The topological polar surface area (TPSA) is 93.8 Å². The van der Waals surface area contributed by atoms with Crippen LogP contribution < -0.4 is 4.74 Å². The maximum atomic E-state index is 11.3. The Morgan fingerprint density at radius 3 is 2.36 bits per heavy atom. The average Bonchev–Trinajstić information content (AvgIpc) is 3.01. The van der Waals surface area contributed by atoms with E-state index in [0.29, 0.717) is 17.1 Å². The minimum Gasteiger partial charge on any atom is -0.478 e. The lowest BCUT2D eigenvalue weighted by atomic mass is 10.1. The predicted molar refractivity (Wildman–Crippen MR) is 92.7 cm³/mol. The quantitative estimate of drug-likeness (QED) is 0.752.